The number of rotatable bonds is 13. The van der Waals surface area contributed by atoms with E-state index in [0.29, 0.717) is 47.7 Å². The standard InChI is InChI=1S/C30H41N3O5S/c1-4-5-15-39(34,35)33-21-24-16-25(22-33)20-32(19-24)14-6-7-28(26-10-8-23(18-31)9-11-26)38-27-12-13-29(36-2)30(17-27)37-3/h8-13,17,24-25,28H,4-7,14-16,19-22H2,1-3H3. The van der Waals surface area contributed by atoms with E-state index in [1.807, 2.05) is 49.4 Å². The van der Waals surface area contributed by atoms with Gasteiger partial charge in [0.15, 0.2) is 11.5 Å². The first-order valence-electron chi connectivity index (χ1n) is 13.9. The molecule has 0 N–H and O–H groups in total. The van der Waals surface area contributed by atoms with E-state index in [1.165, 1.54) is 0 Å². The van der Waals surface area contributed by atoms with Crippen molar-refractivity contribution in [3.63, 3.8) is 0 Å². The number of fused-ring (bicyclic) bond motifs is 2. The van der Waals surface area contributed by atoms with Crippen LogP contribution >= 0.6 is 0 Å². The molecule has 8 nitrogen and oxygen atoms in total. The fourth-order valence-electron chi connectivity index (χ4n) is 5.83. The highest BCUT2D eigenvalue weighted by Gasteiger charge is 2.38. The van der Waals surface area contributed by atoms with Gasteiger partial charge >= 0.3 is 0 Å². The molecule has 212 valence electrons. The predicted molar refractivity (Wildman–Crippen MR) is 152 cm³/mol. The van der Waals surface area contributed by atoms with Crippen molar-refractivity contribution in [1.82, 2.24) is 9.21 Å². The van der Waals surface area contributed by atoms with Crippen LogP contribution in [0.5, 0.6) is 17.2 Å². The van der Waals surface area contributed by atoms with Crippen LogP contribution in [-0.2, 0) is 10.0 Å². The van der Waals surface area contributed by atoms with Crippen molar-refractivity contribution in [2.45, 2.75) is 45.1 Å². The third-order valence-corrected chi connectivity index (χ3v) is 9.65. The maximum absolute atomic E-state index is 12.8. The molecule has 3 atom stereocenters. The largest absolute Gasteiger partial charge is 0.493 e. The number of piperidine rings is 2. The lowest BCUT2D eigenvalue weighted by molar-refractivity contribution is 0.0612. The molecule has 0 amide bonds. The Morgan fingerprint density at radius 2 is 1.67 bits per heavy atom. The third-order valence-electron chi connectivity index (χ3n) is 7.76. The van der Waals surface area contributed by atoms with E-state index >= 15 is 0 Å². The summed E-state index contributed by atoms with van der Waals surface area (Å²) in [7, 11) is 0.0646. The van der Waals surface area contributed by atoms with Gasteiger partial charge in [-0.25, -0.2) is 12.7 Å². The minimum absolute atomic E-state index is 0.181. The first-order chi connectivity index (χ1) is 18.8. The molecular weight excluding hydrogens is 514 g/mol. The number of nitrogens with zero attached hydrogens (tertiary/aromatic N) is 3. The zero-order valence-corrected chi connectivity index (χ0v) is 24.2. The molecule has 2 aliphatic rings. The smallest absolute Gasteiger partial charge is 0.214 e. The molecule has 0 aromatic heterocycles. The molecule has 2 fully saturated rings. The number of methoxy groups -OCH3 is 2. The van der Waals surface area contributed by atoms with Crippen molar-refractivity contribution in [3.8, 4) is 23.3 Å². The highest BCUT2D eigenvalue weighted by atomic mass is 32.2. The Morgan fingerprint density at radius 1 is 0.974 bits per heavy atom. The van der Waals surface area contributed by atoms with Crippen molar-refractivity contribution in [1.29, 1.82) is 5.26 Å². The van der Waals surface area contributed by atoms with Crippen molar-refractivity contribution >= 4 is 10.0 Å². The summed E-state index contributed by atoms with van der Waals surface area (Å²) in [6.07, 6.45) is 4.31. The highest BCUT2D eigenvalue weighted by molar-refractivity contribution is 7.89. The maximum atomic E-state index is 12.8. The monoisotopic (exact) mass is 555 g/mol. The number of hydrogen-bond donors (Lipinski definition) is 0. The van der Waals surface area contributed by atoms with Crippen molar-refractivity contribution in [3.05, 3.63) is 53.6 Å². The average molecular weight is 556 g/mol. The summed E-state index contributed by atoms with van der Waals surface area (Å²) in [4.78, 5) is 2.50. The van der Waals surface area contributed by atoms with E-state index in [0.717, 1.165) is 57.3 Å². The Morgan fingerprint density at radius 3 is 2.28 bits per heavy atom. The molecule has 39 heavy (non-hydrogen) atoms. The fourth-order valence-corrected chi connectivity index (χ4v) is 7.61. The summed E-state index contributed by atoms with van der Waals surface area (Å²) in [5.74, 6) is 3.01. The SMILES string of the molecule is CCCCS(=O)(=O)N1CC2CC(CN(CCCC(Oc3ccc(OC)c(OC)c3)c3ccc(C#N)cc3)C2)C1. The Kier molecular flexibility index (Phi) is 10.1. The van der Waals surface area contributed by atoms with E-state index in [-0.39, 0.29) is 11.9 Å². The molecule has 9 heteroatoms. The third kappa shape index (κ3) is 7.65. The van der Waals surface area contributed by atoms with E-state index in [1.54, 1.807) is 18.5 Å². The van der Waals surface area contributed by atoms with Crippen LogP contribution in [0.1, 0.15) is 56.3 Å². The predicted octanol–water partition coefficient (Wildman–Crippen LogP) is 4.86. The van der Waals surface area contributed by atoms with Crippen LogP contribution < -0.4 is 14.2 Å². The average Bonchev–Trinajstić information content (AvgIpc) is 2.95. The molecule has 4 rings (SSSR count). The molecular formula is C30H41N3O5S. The van der Waals surface area contributed by atoms with Gasteiger partial charge in [-0.2, -0.15) is 5.26 Å². The van der Waals surface area contributed by atoms with Gasteiger partial charge in [0.25, 0.3) is 0 Å². The molecule has 2 aromatic carbocycles. The minimum atomic E-state index is -3.15. The number of unbranched alkanes of at least 4 members (excludes halogenated alkanes) is 1. The Hall–Kier alpha value is -2.80. The van der Waals surface area contributed by atoms with Gasteiger partial charge in [-0.1, -0.05) is 25.5 Å². The van der Waals surface area contributed by atoms with Crippen LogP contribution in [0.4, 0.5) is 0 Å². The maximum Gasteiger partial charge on any atom is 0.214 e. The number of hydrogen-bond acceptors (Lipinski definition) is 7. The Labute approximate surface area is 233 Å². The highest BCUT2D eigenvalue weighted by Crippen LogP contribution is 2.35. The molecule has 0 radical (unpaired) electrons. The van der Waals surface area contributed by atoms with Crippen molar-refractivity contribution in [2.24, 2.45) is 11.8 Å². The number of ether oxygens (including phenoxy) is 3. The zero-order chi connectivity index (χ0) is 27.8. The van der Waals surface area contributed by atoms with Crippen LogP contribution in [0.2, 0.25) is 0 Å². The topological polar surface area (TPSA) is 92.1 Å². The van der Waals surface area contributed by atoms with Crippen molar-refractivity contribution < 1.29 is 22.6 Å². The molecule has 3 unspecified atom stereocenters. The fraction of sp³-hybridized carbons (Fsp3) is 0.567. The normalized spacial score (nSPS) is 20.7. The summed E-state index contributed by atoms with van der Waals surface area (Å²) in [5, 5.41) is 9.21. The summed E-state index contributed by atoms with van der Waals surface area (Å²) >= 11 is 0. The van der Waals surface area contributed by atoms with Gasteiger partial charge in [-0.05, 0) is 73.9 Å². The molecule has 0 aliphatic carbocycles. The molecule has 0 saturated carbocycles. The second kappa shape index (κ2) is 13.5. The Bertz CT molecular complexity index is 1210. The number of nitriles is 1. The minimum Gasteiger partial charge on any atom is -0.493 e. The molecule has 2 saturated heterocycles. The molecule has 2 aliphatic heterocycles. The van der Waals surface area contributed by atoms with Gasteiger partial charge in [0, 0.05) is 32.2 Å². The van der Waals surface area contributed by atoms with E-state index in [9.17, 15) is 13.7 Å². The molecule has 2 bridgehead atoms. The summed E-state index contributed by atoms with van der Waals surface area (Å²) in [5.41, 5.74) is 1.64. The van der Waals surface area contributed by atoms with Gasteiger partial charge in [-0.15, -0.1) is 0 Å². The lowest BCUT2D eigenvalue weighted by atomic mass is 9.85. The van der Waals surface area contributed by atoms with Gasteiger partial charge in [-0.3, -0.25) is 0 Å². The van der Waals surface area contributed by atoms with Crippen LogP contribution in [-0.4, -0.2) is 70.3 Å². The first-order valence-corrected chi connectivity index (χ1v) is 15.5. The number of likely N-dealkylation sites (tertiary alicyclic amines) is 1. The van der Waals surface area contributed by atoms with Gasteiger partial charge < -0.3 is 19.1 Å². The van der Waals surface area contributed by atoms with Crippen LogP contribution in [0, 0.1) is 23.2 Å². The van der Waals surface area contributed by atoms with E-state index in [4.69, 9.17) is 14.2 Å². The summed E-state index contributed by atoms with van der Waals surface area (Å²) < 4.78 is 44.6. The Balaban J connectivity index is 1.38. The van der Waals surface area contributed by atoms with E-state index < -0.39 is 10.0 Å². The lowest BCUT2D eigenvalue weighted by Gasteiger charge is -2.45. The van der Waals surface area contributed by atoms with Crippen LogP contribution in [0.25, 0.3) is 0 Å². The molecule has 2 aromatic rings. The van der Waals surface area contributed by atoms with Gasteiger partial charge in [0.2, 0.25) is 10.0 Å². The van der Waals surface area contributed by atoms with Crippen LogP contribution in [0.15, 0.2) is 42.5 Å². The summed E-state index contributed by atoms with van der Waals surface area (Å²) in [6.45, 7) is 6.15. The van der Waals surface area contributed by atoms with Gasteiger partial charge in [0.1, 0.15) is 11.9 Å². The number of benzene rings is 2. The zero-order valence-electron chi connectivity index (χ0n) is 23.3. The number of sulfonamides is 1. The lowest BCUT2D eigenvalue weighted by Crippen LogP contribution is -2.54. The molecule has 2 heterocycles. The van der Waals surface area contributed by atoms with Crippen LogP contribution in [0.3, 0.4) is 0 Å². The van der Waals surface area contributed by atoms with Gasteiger partial charge in [0.05, 0.1) is 31.6 Å². The molecule has 0 spiro atoms. The second-order valence-corrected chi connectivity index (χ2v) is 12.8. The van der Waals surface area contributed by atoms with E-state index in [2.05, 4.69) is 11.0 Å². The quantitative estimate of drug-likeness (QED) is 0.349. The van der Waals surface area contributed by atoms with Crippen molar-refractivity contribution in [2.75, 3.05) is 52.7 Å². The summed E-state index contributed by atoms with van der Waals surface area (Å²) in [6, 6.07) is 15.3. The first kappa shape index (κ1) is 29.2. The second-order valence-electron chi connectivity index (χ2n) is 10.7.